The molecule has 0 radical (unpaired) electrons. The summed E-state index contributed by atoms with van der Waals surface area (Å²) in [6.07, 6.45) is 12.2. The van der Waals surface area contributed by atoms with Crippen LogP contribution in [0.2, 0.25) is 0 Å². The molecule has 4 heterocycles. The van der Waals surface area contributed by atoms with Crippen LogP contribution in [0.15, 0.2) is 46.7 Å². The maximum atomic E-state index is 13.2. The van der Waals surface area contributed by atoms with Crippen LogP contribution in [0.4, 0.5) is 5.82 Å². The van der Waals surface area contributed by atoms with Crippen LogP contribution < -0.4 is 15.4 Å². The van der Waals surface area contributed by atoms with Crippen molar-refractivity contribution in [3.63, 3.8) is 0 Å². The topological polar surface area (TPSA) is 101 Å². The average Bonchev–Trinajstić information content (AvgIpc) is 3.45. The minimum Gasteiger partial charge on any atom is -0.404 e. The van der Waals surface area contributed by atoms with Crippen molar-refractivity contribution in [2.24, 2.45) is 16.6 Å². The molecule has 2 aromatic heterocycles. The number of pyridine rings is 1. The first-order valence-electron chi connectivity index (χ1n) is 11.2. The summed E-state index contributed by atoms with van der Waals surface area (Å²) in [5.41, 5.74) is 6.22. The van der Waals surface area contributed by atoms with E-state index in [1.54, 1.807) is 17.1 Å². The molecule has 9 heteroatoms. The summed E-state index contributed by atoms with van der Waals surface area (Å²) < 4.78 is 4.64. The number of allylic oxidation sites excluding steroid dienone is 1. The van der Waals surface area contributed by atoms with Gasteiger partial charge in [0.2, 0.25) is 0 Å². The van der Waals surface area contributed by atoms with Crippen LogP contribution in [0.25, 0.3) is 5.82 Å². The van der Waals surface area contributed by atoms with E-state index in [0.29, 0.717) is 28.0 Å². The molecule has 2 unspecified atom stereocenters. The summed E-state index contributed by atoms with van der Waals surface area (Å²) in [6, 6.07) is 5.54. The molecule has 1 amide bonds. The second-order valence-electron chi connectivity index (χ2n) is 8.66. The molecule has 0 aromatic carbocycles. The molecule has 2 bridgehead atoms. The van der Waals surface area contributed by atoms with E-state index < -0.39 is 0 Å². The number of aromatic nitrogens is 3. The van der Waals surface area contributed by atoms with Crippen molar-refractivity contribution in [1.29, 1.82) is 0 Å². The maximum absolute atomic E-state index is 13.2. The van der Waals surface area contributed by atoms with Crippen molar-refractivity contribution >= 4 is 29.9 Å². The van der Waals surface area contributed by atoms with Gasteiger partial charge in [-0.3, -0.25) is 14.5 Å². The predicted octanol–water partition coefficient (Wildman–Crippen LogP) is 3.70. The largest absolute Gasteiger partial charge is 0.404 e. The van der Waals surface area contributed by atoms with Crippen molar-refractivity contribution < 1.29 is 4.79 Å². The Kier molecular flexibility index (Phi) is 6.83. The van der Waals surface area contributed by atoms with Crippen molar-refractivity contribution in [2.75, 3.05) is 18.0 Å². The summed E-state index contributed by atoms with van der Waals surface area (Å²) in [5, 5.41) is 4.32. The van der Waals surface area contributed by atoms with Crippen molar-refractivity contribution in [2.45, 2.75) is 51.5 Å². The fourth-order valence-electron chi connectivity index (χ4n) is 4.55. The Morgan fingerprint density at radius 3 is 3.00 bits per heavy atom. The first-order chi connectivity index (χ1) is 15.5. The van der Waals surface area contributed by atoms with E-state index in [0.717, 1.165) is 45.2 Å². The second kappa shape index (κ2) is 9.77. The normalized spacial score (nSPS) is 25.8. The van der Waals surface area contributed by atoms with Crippen LogP contribution in [-0.2, 0) is 0 Å². The summed E-state index contributed by atoms with van der Waals surface area (Å²) in [7, 11) is 0. The molecule has 2 aliphatic rings. The lowest BCUT2D eigenvalue weighted by atomic mass is 9.89. The highest BCUT2D eigenvalue weighted by atomic mass is 32.2. The fraction of sp³-hybridized carbons (Fsp3) is 0.478. The van der Waals surface area contributed by atoms with Crippen LogP contribution in [0.1, 0.15) is 56.3 Å². The minimum absolute atomic E-state index is 0.0554. The number of carbonyl (C=O) groups excluding carboxylic acids is 1. The number of anilines is 1. The van der Waals surface area contributed by atoms with E-state index >= 15 is 0 Å². The maximum Gasteiger partial charge on any atom is 0.265 e. The molecule has 170 valence electrons. The number of amides is 1. The van der Waals surface area contributed by atoms with Crippen molar-refractivity contribution in [1.82, 2.24) is 19.5 Å². The van der Waals surface area contributed by atoms with Crippen LogP contribution in [-0.4, -0.2) is 45.5 Å². The summed E-state index contributed by atoms with van der Waals surface area (Å²) >= 11 is 1.18. The van der Waals surface area contributed by atoms with E-state index in [9.17, 15) is 4.79 Å². The molecule has 0 saturated carbocycles. The van der Waals surface area contributed by atoms with Gasteiger partial charge < -0.3 is 10.6 Å². The number of nitrogens with one attached hydrogen (secondary N) is 1. The number of nitrogens with two attached hydrogens (primary N) is 1. The molecule has 2 aromatic rings. The Balaban J connectivity index is 1.76. The van der Waals surface area contributed by atoms with Crippen LogP contribution in [0, 0.1) is 5.92 Å². The van der Waals surface area contributed by atoms with Gasteiger partial charge in [-0.2, -0.15) is 5.10 Å². The zero-order chi connectivity index (χ0) is 22.6. The molecular weight excluding hydrogens is 422 g/mol. The Bertz CT molecular complexity index is 1000. The smallest absolute Gasteiger partial charge is 0.265 e. The zero-order valence-electron chi connectivity index (χ0n) is 18.7. The molecule has 1 fully saturated rings. The molecule has 3 N–H and O–H groups in total. The molecular formula is C23H31N7OS. The van der Waals surface area contributed by atoms with E-state index in [2.05, 4.69) is 33.6 Å². The van der Waals surface area contributed by atoms with Gasteiger partial charge in [0.05, 0.1) is 10.5 Å². The van der Waals surface area contributed by atoms with E-state index in [1.807, 2.05) is 24.4 Å². The highest BCUT2D eigenvalue weighted by Crippen LogP contribution is 2.41. The molecule has 0 aliphatic carbocycles. The van der Waals surface area contributed by atoms with Gasteiger partial charge in [-0.25, -0.2) is 9.67 Å². The molecule has 0 spiro atoms. The quantitative estimate of drug-likeness (QED) is 0.673. The number of aliphatic imine (C=N–C) groups is 1. The lowest BCUT2D eigenvalue weighted by Crippen LogP contribution is -2.42. The van der Waals surface area contributed by atoms with Crippen LogP contribution in [0.5, 0.6) is 0 Å². The van der Waals surface area contributed by atoms with E-state index in [-0.39, 0.29) is 11.4 Å². The zero-order valence-corrected chi connectivity index (χ0v) is 19.5. The Morgan fingerprint density at radius 2 is 2.25 bits per heavy atom. The molecule has 8 nitrogen and oxygen atoms in total. The summed E-state index contributed by atoms with van der Waals surface area (Å²) in [4.78, 5) is 25.7. The number of carbonyl (C=O) groups is 1. The van der Waals surface area contributed by atoms with Crippen LogP contribution in [0.3, 0.4) is 0 Å². The van der Waals surface area contributed by atoms with E-state index in [4.69, 9.17) is 10.7 Å². The Morgan fingerprint density at radius 1 is 1.38 bits per heavy atom. The third-order valence-electron chi connectivity index (χ3n) is 6.48. The van der Waals surface area contributed by atoms with Gasteiger partial charge in [-0.05, 0) is 68.7 Å². The van der Waals surface area contributed by atoms with Gasteiger partial charge in [0.15, 0.2) is 5.82 Å². The van der Waals surface area contributed by atoms with Gasteiger partial charge in [-0.15, -0.1) is 0 Å². The first kappa shape index (κ1) is 22.4. The van der Waals surface area contributed by atoms with Crippen molar-refractivity contribution in [3.05, 3.63) is 47.3 Å². The minimum atomic E-state index is -0.200. The van der Waals surface area contributed by atoms with Gasteiger partial charge in [-0.1, -0.05) is 13.3 Å². The summed E-state index contributed by atoms with van der Waals surface area (Å²) in [6.45, 7) is 6.16. The van der Waals surface area contributed by atoms with Crippen molar-refractivity contribution in [3.8, 4) is 5.82 Å². The Labute approximate surface area is 193 Å². The standard InChI is InChI=1S/C23H31N7OS/c1-3-23(2)13-17-7-4-5-10-25-15-18(14-24)32-28-22(31)19-8-9-20(30-12-6-11-26-30)27-21(19)29(23)16-17/h6,8-9,11-12,14-15,17H,3-5,7,10,13,16,24H2,1-2H3,(H,28,31). The molecule has 1 saturated heterocycles. The van der Waals surface area contributed by atoms with Gasteiger partial charge in [0.1, 0.15) is 5.82 Å². The van der Waals surface area contributed by atoms with Gasteiger partial charge in [0, 0.05) is 43.4 Å². The Hall–Kier alpha value is -2.81. The first-order valence-corrected chi connectivity index (χ1v) is 12.0. The third kappa shape index (κ3) is 4.67. The fourth-order valence-corrected chi connectivity index (χ4v) is 5.07. The molecule has 32 heavy (non-hydrogen) atoms. The SMILES string of the molecule is CCC1(C)CC2CCCCN=CC(=CN)SNC(=O)c3ccc(-n4cccn4)nc3N1C2. The number of hydrogen-bond donors (Lipinski definition) is 2. The number of nitrogens with zero attached hydrogens (tertiary/aromatic N) is 5. The average molecular weight is 454 g/mol. The highest BCUT2D eigenvalue weighted by molar-refractivity contribution is 8.02. The monoisotopic (exact) mass is 453 g/mol. The third-order valence-corrected chi connectivity index (χ3v) is 7.24. The summed E-state index contributed by atoms with van der Waals surface area (Å²) in [5.74, 6) is 1.77. The lowest BCUT2D eigenvalue weighted by Gasteiger charge is -2.36. The highest BCUT2D eigenvalue weighted by Gasteiger charge is 2.42. The second-order valence-corrected chi connectivity index (χ2v) is 9.54. The molecule has 4 rings (SSSR count). The molecule has 2 atom stereocenters. The predicted molar refractivity (Wildman–Crippen MR) is 130 cm³/mol. The van der Waals surface area contributed by atoms with E-state index in [1.165, 1.54) is 18.1 Å². The number of hydrogen-bond acceptors (Lipinski definition) is 7. The van der Waals surface area contributed by atoms with Crippen LogP contribution >= 0.6 is 11.9 Å². The van der Waals surface area contributed by atoms with Gasteiger partial charge >= 0.3 is 0 Å². The van der Waals surface area contributed by atoms with Gasteiger partial charge in [0.25, 0.3) is 5.91 Å². The lowest BCUT2D eigenvalue weighted by molar-refractivity contribution is 0.0984. The number of fused-ring (bicyclic) bond motifs is 4. The number of rotatable bonds is 2. The molecule has 2 aliphatic heterocycles.